The molecular weight excluding hydrogens is 234 g/mol. The van der Waals surface area contributed by atoms with E-state index >= 15 is 0 Å². The number of thiophene rings is 1. The average molecular weight is 255 g/mol. The van der Waals surface area contributed by atoms with Crippen molar-refractivity contribution in [2.45, 2.75) is 39.7 Å². The van der Waals surface area contributed by atoms with Crippen LogP contribution in [0.5, 0.6) is 0 Å². The summed E-state index contributed by atoms with van der Waals surface area (Å²) >= 11 is 1.54. The van der Waals surface area contributed by atoms with Crippen LogP contribution in [0, 0.1) is 5.41 Å². The molecule has 1 amide bonds. The highest BCUT2D eigenvalue weighted by Crippen LogP contribution is 2.22. The van der Waals surface area contributed by atoms with E-state index in [9.17, 15) is 9.90 Å². The minimum Gasteiger partial charge on any atom is -0.384 e. The number of carbonyl (C=O) groups excluding carboxylic acids is 1. The second-order valence-electron chi connectivity index (χ2n) is 5.80. The van der Waals surface area contributed by atoms with Crippen molar-refractivity contribution in [3.63, 3.8) is 0 Å². The van der Waals surface area contributed by atoms with Crippen LogP contribution in [0.4, 0.5) is 0 Å². The normalized spacial score (nSPS) is 15.4. The summed E-state index contributed by atoms with van der Waals surface area (Å²) in [4.78, 5) is 11.7. The van der Waals surface area contributed by atoms with Gasteiger partial charge in [-0.1, -0.05) is 20.8 Å². The lowest BCUT2D eigenvalue weighted by molar-refractivity contribution is -0.124. The van der Waals surface area contributed by atoms with Crippen molar-refractivity contribution in [1.29, 1.82) is 0 Å². The summed E-state index contributed by atoms with van der Waals surface area (Å²) in [6.45, 7) is 8.02. The van der Waals surface area contributed by atoms with Gasteiger partial charge in [-0.05, 0) is 34.7 Å². The molecule has 0 aromatic carbocycles. The molecule has 3 nitrogen and oxygen atoms in total. The maximum Gasteiger partial charge on any atom is 0.220 e. The first kappa shape index (κ1) is 14.2. The van der Waals surface area contributed by atoms with Gasteiger partial charge in [-0.25, -0.2) is 0 Å². The van der Waals surface area contributed by atoms with E-state index in [-0.39, 0.29) is 17.9 Å². The van der Waals surface area contributed by atoms with Crippen LogP contribution in [-0.2, 0) is 10.4 Å². The topological polar surface area (TPSA) is 49.3 Å². The van der Waals surface area contributed by atoms with Gasteiger partial charge < -0.3 is 10.4 Å². The molecule has 0 saturated carbocycles. The number of amides is 1. The molecule has 1 heterocycles. The van der Waals surface area contributed by atoms with Crippen LogP contribution in [0.25, 0.3) is 0 Å². The zero-order valence-corrected chi connectivity index (χ0v) is 11.7. The molecule has 1 unspecified atom stereocenters. The van der Waals surface area contributed by atoms with Crippen molar-refractivity contribution in [3.8, 4) is 0 Å². The van der Waals surface area contributed by atoms with E-state index < -0.39 is 5.60 Å². The zero-order chi connectivity index (χ0) is 13.1. The first-order valence-corrected chi connectivity index (χ1v) is 6.67. The van der Waals surface area contributed by atoms with Crippen LogP contribution in [0.1, 0.15) is 39.7 Å². The molecule has 2 N–H and O–H groups in total. The molecule has 0 bridgehead atoms. The monoisotopic (exact) mass is 255 g/mol. The summed E-state index contributed by atoms with van der Waals surface area (Å²) in [7, 11) is 0. The summed E-state index contributed by atoms with van der Waals surface area (Å²) in [5.74, 6) is -0.0204. The molecule has 4 heteroatoms. The third-order valence-electron chi connectivity index (χ3n) is 2.46. The molecule has 0 saturated heterocycles. The van der Waals surface area contributed by atoms with Crippen LogP contribution < -0.4 is 5.32 Å². The van der Waals surface area contributed by atoms with Crippen LogP contribution in [0.15, 0.2) is 16.8 Å². The van der Waals surface area contributed by atoms with Crippen LogP contribution in [-0.4, -0.2) is 17.6 Å². The van der Waals surface area contributed by atoms with Crippen LogP contribution in [0.2, 0.25) is 0 Å². The number of carbonyl (C=O) groups is 1. The van der Waals surface area contributed by atoms with E-state index in [0.717, 1.165) is 5.56 Å². The molecule has 1 atom stereocenters. The quantitative estimate of drug-likeness (QED) is 0.868. The minimum atomic E-state index is -0.993. The summed E-state index contributed by atoms with van der Waals surface area (Å²) in [5.41, 5.74) is -0.176. The first-order valence-electron chi connectivity index (χ1n) is 5.72. The highest BCUT2D eigenvalue weighted by molar-refractivity contribution is 7.08. The third kappa shape index (κ3) is 4.88. The molecule has 0 aliphatic rings. The lowest BCUT2D eigenvalue weighted by Crippen LogP contribution is -2.39. The van der Waals surface area contributed by atoms with Crippen molar-refractivity contribution < 1.29 is 9.90 Å². The average Bonchev–Trinajstić information content (AvgIpc) is 2.65. The zero-order valence-electron chi connectivity index (χ0n) is 10.9. The first-order chi connectivity index (χ1) is 7.71. The molecule has 1 aromatic rings. The van der Waals surface area contributed by atoms with E-state index in [2.05, 4.69) is 5.32 Å². The molecule has 0 spiro atoms. The van der Waals surface area contributed by atoms with E-state index in [1.54, 1.807) is 6.92 Å². The Kier molecular flexibility index (Phi) is 4.33. The van der Waals surface area contributed by atoms with E-state index in [1.165, 1.54) is 11.3 Å². The van der Waals surface area contributed by atoms with Crippen molar-refractivity contribution in [2.24, 2.45) is 5.41 Å². The summed E-state index contributed by atoms with van der Waals surface area (Å²) in [5, 5.41) is 16.8. The molecular formula is C13H21NO2S. The fourth-order valence-corrected chi connectivity index (χ4v) is 2.27. The van der Waals surface area contributed by atoms with Gasteiger partial charge in [0.15, 0.2) is 0 Å². The van der Waals surface area contributed by atoms with E-state index in [0.29, 0.717) is 6.42 Å². The van der Waals surface area contributed by atoms with Gasteiger partial charge in [0.1, 0.15) is 5.60 Å². The van der Waals surface area contributed by atoms with Crippen molar-refractivity contribution in [2.75, 3.05) is 6.54 Å². The largest absolute Gasteiger partial charge is 0.384 e. The highest BCUT2D eigenvalue weighted by Gasteiger charge is 2.25. The highest BCUT2D eigenvalue weighted by atomic mass is 32.1. The maximum atomic E-state index is 11.7. The molecule has 0 aliphatic carbocycles. The predicted octanol–water partition coefficient (Wildman–Crippen LogP) is 2.51. The second-order valence-corrected chi connectivity index (χ2v) is 6.58. The maximum absolute atomic E-state index is 11.7. The molecule has 96 valence electrons. The SMILES string of the molecule is CC(C)(C)CC(=O)NCC(C)(O)c1ccsc1. The summed E-state index contributed by atoms with van der Waals surface area (Å²) in [6.07, 6.45) is 0.465. The number of aliphatic hydroxyl groups is 1. The number of rotatable bonds is 4. The summed E-state index contributed by atoms with van der Waals surface area (Å²) < 4.78 is 0. The van der Waals surface area contributed by atoms with Crippen molar-refractivity contribution in [1.82, 2.24) is 5.32 Å². The Bertz CT molecular complexity index is 363. The van der Waals surface area contributed by atoms with Crippen LogP contribution in [0.3, 0.4) is 0 Å². The molecule has 17 heavy (non-hydrogen) atoms. The molecule has 0 fully saturated rings. The number of nitrogens with one attached hydrogen (secondary N) is 1. The molecule has 0 aliphatic heterocycles. The molecule has 1 rings (SSSR count). The minimum absolute atomic E-state index is 0.0204. The van der Waals surface area contributed by atoms with Gasteiger partial charge in [0, 0.05) is 6.42 Å². The Balaban J connectivity index is 2.48. The van der Waals surface area contributed by atoms with E-state index in [1.807, 2.05) is 37.6 Å². The Labute approximate surface area is 107 Å². The predicted molar refractivity (Wildman–Crippen MR) is 71.0 cm³/mol. The second kappa shape index (κ2) is 5.19. The fraction of sp³-hybridized carbons (Fsp3) is 0.615. The Morgan fingerprint density at radius 1 is 1.41 bits per heavy atom. The van der Waals surface area contributed by atoms with Gasteiger partial charge in [0.05, 0.1) is 6.54 Å². The summed E-state index contributed by atoms with van der Waals surface area (Å²) in [6, 6.07) is 1.88. The van der Waals surface area contributed by atoms with Crippen molar-refractivity contribution >= 4 is 17.2 Å². The molecule has 1 aromatic heterocycles. The Morgan fingerprint density at radius 3 is 2.53 bits per heavy atom. The van der Waals surface area contributed by atoms with Crippen LogP contribution >= 0.6 is 11.3 Å². The van der Waals surface area contributed by atoms with Gasteiger partial charge in [-0.2, -0.15) is 11.3 Å². The number of hydrogen-bond acceptors (Lipinski definition) is 3. The number of hydrogen-bond donors (Lipinski definition) is 2. The van der Waals surface area contributed by atoms with E-state index in [4.69, 9.17) is 0 Å². The Hall–Kier alpha value is -0.870. The van der Waals surface area contributed by atoms with Gasteiger partial charge in [-0.3, -0.25) is 4.79 Å². The third-order valence-corrected chi connectivity index (χ3v) is 3.15. The molecule has 0 radical (unpaired) electrons. The standard InChI is InChI=1S/C13H21NO2S/c1-12(2,3)7-11(15)14-9-13(4,16)10-5-6-17-8-10/h5-6,8,16H,7,9H2,1-4H3,(H,14,15). The van der Waals surface area contributed by atoms with Crippen molar-refractivity contribution in [3.05, 3.63) is 22.4 Å². The smallest absolute Gasteiger partial charge is 0.220 e. The van der Waals surface area contributed by atoms with Gasteiger partial charge in [0.2, 0.25) is 5.91 Å². The van der Waals surface area contributed by atoms with Gasteiger partial charge in [-0.15, -0.1) is 0 Å². The van der Waals surface area contributed by atoms with Gasteiger partial charge >= 0.3 is 0 Å². The lowest BCUT2D eigenvalue weighted by atomic mass is 9.91. The Morgan fingerprint density at radius 2 is 2.06 bits per heavy atom. The lowest BCUT2D eigenvalue weighted by Gasteiger charge is -2.24. The van der Waals surface area contributed by atoms with Gasteiger partial charge in [0.25, 0.3) is 0 Å². The fourth-order valence-electron chi connectivity index (χ4n) is 1.49.